The van der Waals surface area contributed by atoms with Gasteiger partial charge in [0.15, 0.2) is 5.76 Å². The summed E-state index contributed by atoms with van der Waals surface area (Å²) in [4.78, 5) is 4.60. The third kappa shape index (κ3) is 3.64. The highest BCUT2D eigenvalue weighted by molar-refractivity contribution is 5.92. The maximum Gasteiger partial charge on any atom is 0.154 e. The van der Waals surface area contributed by atoms with Gasteiger partial charge in [0.05, 0.1) is 11.8 Å². The molecule has 32 heavy (non-hydrogen) atoms. The number of rotatable bonds is 6. The number of aromatic nitrogens is 3. The number of anilines is 2. The summed E-state index contributed by atoms with van der Waals surface area (Å²) in [5.41, 5.74) is 4.10. The lowest BCUT2D eigenvalue weighted by Gasteiger charge is -2.15. The van der Waals surface area contributed by atoms with E-state index in [1.165, 1.54) is 51.4 Å². The number of furan rings is 1. The highest BCUT2D eigenvalue weighted by atomic mass is 16.3. The number of fused-ring (bicyclic) bond motifs is 1. The molecule has 0 amide bonds. The molecule has 4 aromatic rings. The van der Waals surface area contributed by atoms with Crippen molar-refractivity contribution in [2.24, 2.45) is 0 Å². The topological polar surface area (TPSA) is 67.4 Å². The van der Waals surface area contributed by atoms with Gasteiger partial charge in [0.1, 0.15) is 17.3 Å². The van der Waals surface area contributed by atoms with E-state index in [1.807, 2.05) is 22.8 Å². The van der Waals surface area contributed by atoms with E-state index in [0.29, 0.717) is 12.1 Å². The summed E-state index contributed by atoms with van der Waals surface area (Å²) >= 11 is 0. The van der Waals surface area contributed by atoms with Crippen LogP contribution in [0.25, 0.3) is 28.1 Å². The molecule has 0 aliphatic heterocycles. The second-order valence-electron chi connectivity index (χ2n) is 9.09. The molecule has 6 heteroatoms. The van der Waals surface area contributed by atoms with Crippen molar-refractivity contribution in [3.63, 3.8) is 0 Å². The highest BCUT2D eigenvalue weighted by Gasteiger charge is 2.22. The van der Waals surface area contributed by atoms with Crippen LogP contribution in [0.3, 0.4) is 0 Å². The molecule has 0 atom stereocenters. The minimum atomic E-state index is 0.517. The molecule has 164 valence electrons. The van der Waals surface area contributed by atoms with Crippen LogP contribution in [0.2, 0.25) is 0 Å². The van der Waals surface area contributed by atoms with E-state index in [1.54, 1.807) is 6.26 Å². The summed E-state index contributed by atoms with van der Waals surface area (Å²) in [7, 11) is 0. The Morgan fingerprint density at radius 1 is 0.875 bits per heavy atom. The molecule has 0 radical (unpaired) electrons. The van der Waals surface area contributed by atoms with E-state index in [2.05, 4.69) is 45.9 Å². The SMILES string of the molecule is c1coc(-c2nn3c(NC4CCCC4)cccc3c2-c2ccnc(NC3CCCC3)c2)c1. The van der Waals surface area contributed by atoms with Gasteiger partial charge in [-0.2, -0.15) is 5.10 Å². The second-order valence-corrected chi connectivity index (χ2v) is 9.09. The largest absolute Gasteiger partial charge is 0.463 e. The van der Waals surface area contributed by atoms with E-state index < -0.39 is 0 Å². The van der Waals surface area contributed by atoms with Crippen molar-refractivity contribution in [1.29, 1.82) is 0 Å². The van der Waals surface area contributed by atoms with Gasteiger partial charge < -0.3 is 15.1 Å². The van der Waals surface area contributed by atoms with E-state index in [-0.39, 0.29) is 0 Å². The van der Waals surface area contributed by atoms with Crippen LogP contribution in [-0.4, -0.2) is 26.7 Å². The maximum atomic E-state index is 5.79. The van der Waals surface area contributed by atoms with Crippen LogP contribution in [0.4, 0.5) is 11.6 Å². The predicted molar refractivity (Wildman–Crippen MR) is 128 cm³/mol. The van der Waals surface area contributed by atoms with Crippen molar-refractivity contribution in [3.8, 4) is 22.6 Å². The molecule has 4 heterocycles. The Hall–Kier alpha value is -3.28. The van der Waals surface area contributed by atoms with Gasteiger partial charge in [-0.1, -0.05) is 31.7 Å². The molecule has 2 fully saturated rings. The van der Waals surface area contributed by atoms with Crippen molar-refractivity contribution >= 4 is 17.2 Å². The van der Waals surface area contributed by atoms with Crippen LogP contribution in [0.5, 0.6) is 0 Å². The smallest absolute Gasteiger partial charge is 0.154 e. The maximum absolute atomic E-state index is 5.79. The first kappa shape index (κ1) is 19.4. The standard InChI is InChI=1S/C26H29N5O/c1-2-8-19(7-1)28-23-17-18(14-15-27-23)25-21-11-5-13-24(29-20-9-3-4-10-20)31(21)30-26(25)22-12-6-16-32-22/h5-6,11-17,19-20,29H,1-4,7-10H2,(H,27,28). The molecular weight excluding hydrogens is 398 g/mol. The van der Waals surface area contributed by atoms with E-state index in [0.717, 1.165) is 39.7 Å². The molecule has 0 unspecified atom stereocenters. The monoisotopic (exact) mass is 427 g/mol. The quantitative estimate of drug-likeness (QED) is 0.374. The molecular formula is C26H29N5O. The Labute approximate surface area is 188 Å². The molecule has 2 N–H and O–H groups in total. The lowest BCUT2D eigenvalue weighted by molar-refractivity contribution is 0.579. The number of nitrogens with one attached hydrogen (secondary N) is 2. The summed E-state index contributed by atoms with van der Waals surface area (Å²) in [6.45, 7) is 0. The van der Waals surface area contributed by atoms with Gasteiger partial charge in [0.2, 0.25) is 0 Å². The Kier molecular flexibility index (Phi) is 5.06. The molecule has 0 spiro atoms. The first-order valence-corrected chi connectivity index (χ1v) is 11.9. The second kappa shape index (κ2) is 8.34. The summed E-state index contributed by atoms with van der Waals surface area (Å²) in [6, 6.07) is 15.5. The third-order valence-corrected chi connectivity index (χ3v) is 6.88. The first-order valence-electron chi connectivity index (χ1n) is 11.9. The van der Waals surface area contributed by atoms with Crippen molar-refractivity contribution in [1.82, 2.24) is 14.6 Å². The average molecular weight is 428 g/mol. The lowest BCUT2D eigenvalue weighted by atomic mass is 10.0. The minimum absolute atomic E-state index is 0.517. The normalized spacial score (nSPS) is 17.4. The zero-order valence-electron chi connectivity index (χ0n) is 18.3. The van der Waals surface area contributed by atoms with Gasteiger partial charge in [-0.05, 0) is 67.6 Å². The first-order chi connectivity index (χ1) is 15.8. The Bertz CT molecular complexity index is 1200. The predicted octanol–water partition coefficient (Wildman–Crippen LogP) is 6.37. The van der Waals surface area contributed by atoms with E-state index in [9.17, 15) is 0 Å². The number of pyridine rings is 2. The number of hydrogen-bond acceptors (Lipinski definition) is 5. The van der Waals surface area contributed by atoms with Crippen molar-refractivity contribution in [2.45, 2.75) is 63.5 Å². The lowest BCUT2D eigenvalue weighted by Crippen LogP contribution is -2.16. The summed E-state index contributed by atoms with van der Waals surface area (Å²) in [6.07, 6.45) is 13.7. The fraction of sp³-hybridized carbons (Fsp3) is 0.385. The van der Waals surface area contributed by atoms with Crippen molar-refractivity contribution in [2.75, 3.05) is 10.6 Å². The third-order valence-electron chi connectivity index (χ3n) is 6.88. The van der Waals surface area contributed by atoms with Gasteiger partial charge in [0, 0.05) is 23.8 Å². The summed E-state index contributed by atoms with van der Waals surface area (Å²) < 4.78 is 7.83. The van der Waals surface area contributed by atoms with Crippen molar-refractivity contribution < 1.29 is 4.42 Å². The average Bonchev–Trinajstić information content (AvgIpc) is 3.61. The molecule has 2 aliphatic carbocycles. The number of hydrogen-bond donors (Lipinski definition) is 2. The summed E-state index contributed by atoms with van der Waals surface area (Å²) in [5.74, 6) is 2.74. The van der Waals surface area contributed by atoms with Gasteiger partial charge >= 0.3 is 0 Å². The minimum Gasteiger partial charge on any atom is -0.463 e. The van der Waals surface area contributed by atoms with E-state index >= 15 is 0 Å². The molecule has 2 aliphatic rings. The van der Waals surface area contributed by atoms with Gasteiger partial charge in [-0.3, -0.25) is 0 Å². The van der Waals surface area contributed by atoms with Crippen LogP contribution in [0.1, 0.15) is 51.4 Å². The van der Waals surface area contributed by atoms with Crippen LogP contribution in [0, 0.1) is 0 Å². The van der Waals surface area contributed by atoms with Crippen LogP contribution in [0.15, 0.2) is 59.3 Å². The molecule has 6 nitrogen and oxygen atoms in total. The number of nitrogens with zero attached hydrogens (tertiary/aromatic N) is 3. The Balaban J connectivity index is 1.45. The van der Waals surface area contributed by atoms with E-state index in [4.69, 9.17) is 9.52 Å². The van der Waals surface area contributed by atoms with Gasteiger partial charge in [-0.15, -0.1) is 0 Å². The van der Waals surface area contributed by atoms with Gasteiger partial charge in [-0.25, -0.2) is 9.50 Å². The highest BCUT2D eigenvalue weighted by Crippen LogP contribution is 2.37. The van der Waals surface area contributed by atoms with Crippen LogP contribution in [-0.2, 0) is 0 Å². The van der Waals surface area contributed by atoms with Crippen LogP contribution < -0.4 is 10.6 Å². The van der Waals surface area contributed by atoms with Crippen molar-refractivity contribution in [3.05, 3.63) is 54.9 Å². The molecule has 0 aromatic carbocycles. The molecule has 4 aromatic heterocycles. The molecule has 2 saturated carbocycles. The molecule has 0 saturated heterocycles. The fourth-order valence-electron chi connectivity index (χ4n) is 5.27. The van der Waals surface area contributed by atoms with Gasteiger partial charge in [0.25, 0.3) is 0 Å². The Morgan fingerprint density at radius 3 is 2.41 bits per heavy atom. The Morgan fingerprint density at radius 2 is 1.66 bits per heavy atom. The molecule has 6 rings (SSSR count). The zero-order chi connectivity index (χ0) is 21.3. The molecule has 0 bridgehead atoms. The fourth-order valence-corrected chi connectivity index (χ4v) is 5.27. The zero-order valence-corrected chi connectivity index (χ0v) is 18.3. The van der Waals surface area contributed by atoms with Crippen LogP contribution >= 0.6 is 0 Å². The summed E-state index contributed by atoms with van der Waals surface area (Å²) in [5, 5.41) is 12.4.